The molecular weight excluding hydrogens is 406 g/mol. The van der Waals surface area contributed by atoms with E-state index in [0.29, 0.717) is 51.6 Å². The number of carboxylic acids is 2. The summed E-state index contributed by atoms with van der Waals surface area (Å²) in [4.78, 5) is 37.7. The van der Waals surface area contributed by atoms with Crippen molar-refractivity contribution in [2.45, 2.75) is 63.1 Å². The van der Waals surface area contributed by atoms with Crippen LogP contribution in [0.15, 0.2) is 30.3 Å². The zero-order chi connectivity index (χ0) is 21.2. The van der Waals surface area contributed by atoms with Gasteiger partial charge in [-0.3, -0.25) is 14.9 Å². The van der Waals surface area contributed by atoms with Crippen molar-refractivity contribution in [1.82, 2.24) is 10.2 Å². The first kappa shape index (κ1) is 28.5. The smallest absolute Gasteiger partial charge is 0.326 e. The fraction of sp³-hybridized carbons (Fsp3) is 0.571. The Labute approximate surface area is 182 Å². The lowest BCUT2D eigenvalue weighted by atomic mass is 10.0. The fourth-order valence-electron chi connectivity index (χ4n) is 3.73. The Balaban J connectivity index is 0.00000450. The van der Waals surface area contributed by atoms with E-state index in [9.17, 15) is 24.6 Å². The van der Waals surface area contributed by atoms with Gasteiger partial charge in [0.25, 0.3) is 0 Å². The van der Waals surface area contributed by atoms with Crippen LogP contribution in [0.4, 0.5) is 0 Å². The highest BCUT2D eigenvalue weighted by molar-refractivity contribution is 5.88. The first-order valence-electron chi connectivity index (χ1n) is 10.2. The third kappa shape index (κ3) is 8.62. The number of hydrogen-bond donors (Lipinski definition) is 4. The number of unbranched alkanes of at least 4 members (excludes halogenated alkanes) is 1. The summed E-state index contributed by atoms with van der Waals surface area (Å²) >= 11 is 0. The summed E-state index contributed by atoms with van der Waals surface area (Å²) in [5, 5.41) is 22.0. The van der Waals surface area contributed by atoms with Gasteiger partial charge in [-0.05, 0) is 50.6 Å². The van der Waals surface area contributed by atoms with Gasteiger partial charge in [-0.25, -0.2) is 4.79 Å². The quantitative estimate of drug-likeness (QED) is 0.316. The van der Waals surface area contributed by atoms with Crippen molar-refractivity contribution < 1.29 is 35.5 Å². The summed E-state index contributed by atoms with van der Waals surface area (Å²) in [6.45, 7) is 0.866. The number of nitrogens with two attached hydrogens (primary N) is 1. The number of nitrogens with zero attached hydrogens (tertiary/aromatic N) is 1. The summed E-state index contributed by atoms with van der Waals surface area (Å²) in [6, 6.07) is 7.10. The summed E-state index contributed by atoms with van der Waals surface area (Å²) in [6.07, 6.45) is 3.76. The Morgan fingerprint density at radius 2 is 1.74 bits per heavy atom. The second-order valence-corrected chi connectivity index (χ2v) is 7.45. The number of rotatable bonds is 12. The van der Waals surface area contributed by atoms with Gasteiger partial charge in [-0.15, -0.1) is 0 Å². The Morgan fingerprint density at radius 3 is 2.32 bits per heavy atom. The average Bonchev–Trinajstić information content (AvgIpc) is 3.20. The minimum Gasteiger partial charge on any atom is -0.480 e. The molecule has 1 heterocycles. The van der Waals surface area contributed by atoms with Crippen LogP contribution in [0, 0.1) is 0 Å². The van der Waals surface area contributed by atoms with Gasteiger partial charge in [0, 0.05) is 6.54 Å². The topological polar surface area (TPSA) is 196 Å². The van der Waals surface area contributed by atoms with Crippen molar-refractivity contribution in [1.29, 1.82) is 0 Å². The molecule has 1 aliphatic rings. The molecule has 1 aromatic rings. The third-order valence-corrected chi connectivity index (χ3v) is 5.33. The maximum Gasteiger partial charge on any atom is 0.326 e. The van der Waals surface area contributed by atoms with Gasteiger partial charge in [-0.2, -0.15) is 0 Å². The molecular formula is C21H35N3O7. The lowest BCUT2D eigenvalue weighted by Crippen LogP contribution is -2.54. The largest absolute Gasteiger partial charge is 0.480 e. The van der Waals surface area contributed by atoms with E-state index in [-0.39, 0.29) is 16.9 Å². The molecule has 31 heavy (non-hydrogen) atoms. The standard InChI is InChI=1S/C21H31N3O5.2H2O/c22-13-5-4-9-16(19(25)24-14-6-10-18(24)21(28)29)23-17(20(26)27)12-11-15-7-2-1-3-8-15;;/h1-3,7-8,16-18,23H,4-6,9-14,22H2,(H,26,27)(H,28,29);2*1H2/t16-,17+,18-;;/m0../s1. The summed E-state index contributed by atoms with van der Waals surface area (Å²) < 4.78 is 0. The van der Waals surface area contributed by atoms with Crippen LogP contribution >= 0.6 is 0 Å². The van der Waals surface area contributed by atoms with E-state index in [0.717, 1.165) is 12.0 Å². The lowest BCUT2D eigenvalue weighted by molar-refractivity contribution is -0.149. The number of hydrogen-bond acceptors (Lipinski definition) is 5. The van der Waals surface area contributed by atoms with Crippen LogP contribution in [0.3, 0.4) is 0 Å². The molecule has 9 N–H and O–H groups in total. The number of carbonyl (C=O) groups excluding carboxylic acids is 1. The monoisotopic (exact) mass is 441 g/mol. The maximum atomic E-state index is 13.1. The fourth-order valence-corrected chi connectivity index (χ4v) is 3.73. The molecule has 1 amide bonds. The molecule has 0 saturated carbocycles. The van der Waals surface area contributed by atoms with Gasteiger partial charge in [0.1, 0.15) is 12.1 Å². The molecule has 10 heteroatoms. The van der Waals surface area contributed by atoms with E-state index in [2.05, 4.69) is 5.32 Å². The molecule has 0 spiro atoms. The van der Waals surface area contributed by atoms with Crippen LogP contribution in [-0.4, -0.2) is 75.1 Å². The van der Waals surface area contributed by atoms with E-state index < -0.39 is 30.1 Å². The molecule has 10 nitrogen and oxygen atoms in total. The first-order valence-corrected chi connectivity index (χ1v) is 10.2. The van der Waals surface area contributed by atoms with Crippen LogP contribution in [0.5, 0.6) is 0 Å². The molecule has 0 unspecified atom stereocenters. The Bertz CT molecular complexity index is 687. The number of carboxylic acid groups (broad SMARTS) is 2. The van der Waals surface area contributed by atoms with Crippen molar-refractivity contribution in [3.05, 3.63) is 35.9 Å². The van der Waals surface area contributed by atoms with E-state index in [1.54, 1.807) is 0 Å². The van der Waals surface area contributed by atoms with Gasteiger partial charge in [0.05, 0.1) is 6.04 Å². The number of amides is 1. The molecule has 176 valence electrons. The van der Waals surface area contributed by atoms with Gasteiger partial charge in [0.15, 0.2) is 0 Å². The first-order chi connectivity index (χ1) is 13.9. The zero-order valence-corrected chi connectivity index (χ0v) is 17.6. The third-order valence-electron chi connectivity index (χ3n) is 5.33. The highest BCUT2D eigenvalue weighted by Crippen LogP contribution is 2.20. The van der Waals surface area contributed by atoms with E-state index in [1.807, 2.05) is 30.3 Å². The predicted octanol–water partition coefficient (Wildman–Crippen LogP) is -0.414. The minimum absolute atomic E-state index is 0. The van der Waals surface area contributed by atoms with Crippen LogP contribution < -0.4 is 11.1 Å². The maximum absolute atomic E-state index is 13.1. The molecule has 0 bridgehead atoms. The number of likely N-dealkylation sites (tertiary alicyclic amines) is 1. The van der Waals surface area contributed by atoms with Crippen molar-refractivity contribution >= 4 is 17.8 Å². The van der Waals surface area contributed by atoms with Gasteiger partial charge < -0.3 is 31.8 Å². The Morgan fingerprint density at radius 1 is 1.06 bits per heavy atom. The van der Waals surface area contributed by atoms with Crippen molar-refractivity contribution in [3.8, 4) is 0 Å². The normalized spacial score (nSPS) is 17.2. The average molecular weight is 442 g/mol. The molecule has 2 rings (SSSR count). The zero-order valence-electron chi connectivity index (χ0n) is 17.6. The molecule has 0 radical (unpaired) electrons. The summed E-state index contributed by atoms with van der Waals surface area (Å²) in [5.41, 5.74) is 6.57. The number of aryl methyl sites for hydroxylation is 1. The number of aliphatic carboxylic acids is 2. The van der Waals surface area contributed by atoms with Crippen molar-refractivity contribution in [2.75, 3.05) is 13.1 Å². The van der Waals surface area contributed by atoms with Crippen LogP contribution in [0.1, 0.15) is 44.1 Å². The molecule has 1 aromatic carbocycles. The van der Waals surface area contributed by atoms with Crippen LogP contribution in [0.2, 0.25) is 0 Å². The summed E-state index contributed by atoms with van der Waals surface area (Å²) in [5.74, 6) is -2.37. The molecule has 1 saturated heterocycles. The van der Waals surface area contributed by atoms with E-state index >= 15 is 0 Å². The minimum atomic E-state index is -1.02. The van der Waals surface area contributed by atoms with E-state index in [1.165, 1.54) is 4.90 Å². The Hall–Kier alpha value is -2.53. The number of nitrogens with one attached hydrogen (secondary N) is 1. The van der Waals surface area contributed by atoms with Gasteiger partial charge in [-0.1, -0.05) is 36.8 Å². The number of benzene rings is 1. The molecule has 1 fully saturated rings. The Kier molecular flexibility index (Phi) is 13.3. The molecule has 3 atom stereocenters. The molecule has 0 aromatic heterocycles. The predicted molar refractivity (Wildman–Crippen MR) is 116 cm³/mol. The van der Waals surface area contributed by atoms with Crippen LogP contribution in [0.25, 0.3) is 0 Å². The molecule has 1 aliphatic heterocycles. The molecule has 0 aliphatic carbocycles. The van der Waals surface area contributed by atoms with Gasteiger partial charge in [0.2, 0.25) is 5.91 Å². The lowest BCUT2D eigenvalue weighted by Gasteiger charge is -2.29. The SMILES string of the molecule is NCCCC[C@H](N[C@H](CCc1ccccc1)C(=O)O)C(=O)N1CCC[C@H]1C(=O)O.O.O. The van der Waals surface area contributed by atoms with Crippen LogP contribution in [-0.2, 0) is 20.8 Å². The second-order valence-electron chi connectivity index (χ2n) is 7.45. The van der Waals surface area contributed by atoms with Crippen molar-refractivity contribution in [2.24, 2.45) is 5.73 Å². The number of carbonyl (C=O) groups is 3. The van der Waals surface area contributed by atoms with Gasteiger partial charge >= 0.3 is 11.9 Å². The highest BCUT2D eigenvalue weighted by atomic mass is 16.4. The van der Waals surface area contributed by atoms with Crippen molar-refractivity contribution in [3.63, 3.8) is 0 Å². The second kappa shape index (κ2) is 14.5. The summed E-state index contributed by atoms with van der Waals surface area (Å²) in [7, 11) is 0. The highest BCUT2D eigenvalue weighted by Gasteiger charge is 2.38. The van der Waals surface area contributed by atoms with E-state index in [4.69, 9.17) is 5.73 Å².